The molecule has 0 aliphatic carbocycles. The summed E-state index contributed by atoms with van der Waals surface area (Å²) in [7, 11) is -1.74. The largest absolute Gasteiger partial charge is 0.255 e. The molecule has 4 aromatic carbocycles. The third-order valence-corrected chi connectivity index (χ3v) is 12.7. The van der Waals surface area contributed by atoms with Gasteiger partial charge in [-0.15, -0.1) is 11.3 Å². The van der Waals surface area contributed by atoms with E-state index in [4.69, 9.17) is 4.98 Å². The number of hydrogen-bond acceptors (Lipinski definition) is 2. The van der Waals surface area contributed by atoms with Crippen molar-refractivity contribution in [3.63, 3.8) is 0 Å². The quantitative estimate of drug-likeness (QED) is 0.204. The minimum absolute atomic E-state index is 0.447. The van der Waals surface area contributed by atoms with Crippen molar-refractivity contribution in [3.05, 3.63) is 114 Å². The van der Waals surface area contributed by atoms with E-state index in [0.29, 0.717) is 5.92 Å². The number of thiophene rings is 1. The molecule has 38 heavy (non-hydrogen) atoms. The average molecular weight is 528 g/mol. The molecule has 188 valence electrons. The highest BCUT2D eigenvalue weighted by Crippen LogP contribution is 2.40. The van der Waals surface area contributed by atoms with Gasteiger partial charge in [-0.1, -0.05) is 110 Å². The van der Waals surface area contributed by atoms with Gasteiger partial charge < -0.3 is 0 Å². The van der Waals surface area contributed by atoms with E-state index >= 15 is 0 Å². The molecule has 0 bridgehead atoms. The molecule has 0 saturated carbocycles. The first-order valence-corrected chi connectivity index (χ1v) is 17.2. The minimum Gasteiger partial charge on any atom is -0.255 e. The number of benzene rings is 4. The Hall–Kier alpha value is -3.53. The molecule has 2 aromatic heterocycles. The van der Waals surface area contributed by atoms with E-state index in [1.54, 1.807) is 0 Å². The van der Waals surface area contributed by atoms with Crippen LogP contribution in [0.5, 0.6) is 0 Å². The van der Waals surface area contributed by atoms with Crippen molar-refractivity contribution in [2.24, 2.45) is 0 Å². The van der Waals surface area contributed by atoms with E-state index in [9.17, 15) is 0 Å². The first kappa shape index (κ1) is 24.8. The monoisotopic (exact) mass is 527 g/mol. The van der Waals surface area contributed by atoms with Gasteiger partial charge in [-0.05, 0) is 70.0 Å². The van der Waals surface area contributed by atoms with Crippen LogP contribution in [0.2, 0.25) is 13.1 Å². The molecule has 0 aliphatic rings. The maximum absolute atomic E-state index is 4.91. The molecule has 0 amide bonds. The molecule has 0 aliphatic heterocycles. The van der Waals surface area contributed by atoms with Crippen molar-refractivity contribution in [3.8, 4) is 21.7 Å². The number of aryl methyl sites for hydroxylation is 1. The summed E-state index contributed by atoms with van der Waals surface area (Å²) in [6, 6.07) is 36.0. The van der Waals surface area contributed by atoms with Crippen LogP contribution in [0, 0.1) is 6.92 Å². The maximum Gasteiger partial charge on any atom is 0.112 e. The number of nitrogens with zero attached hydrogens (tertiary/aromatic N) is 1. The predicted molar refractivity (Wildman–Crippen MR) is 170 cm³/mol. The van der Waals surface area contributed by atoms with Crippen LogP contribution in [0.25, 0.3) is 42.6 Å². The zero-order chi connectivity index (χ0) is 26.4. The molecule has 0 fully saturated rings. The van der Waals surface area contributed by atoms with Gasteiger partial charge in [-0.2, -0.15) is 0 Å². The normalized spacial score (nSPS) is 12.1. The van der Waals surface area contributed by atoms with Gasteiger partial charge in [0, 0.05) is 16.6 Å². The molecule has 6 aromatic rings. The summed E-state index contributed by atoms with van der Waals surface area (Å²) in [6.07, 6.45) is 1.96. The highest BCUT2D eigenvalue weighted by atomic mass is 32.1. The Morgan fingerprint density at radius 1 is 0.737 bits per heavy atom. The second-order valence-corrected chi connectivity index (χ2v) is 16.6. The van der Waals surface area contributed by atoms with E-state index in [-0.39, 0.29) is 0 Å². The molecule has 3 heteroatoms. The van der Waals surface area contributed by atoms with E-state index < -0.39 is 8.07 Å². The molecule has 0 spiro atoms. The van der Waals surface area contributed by atoms with Gasteiger partial charge in [0.25, 0.3) is 0 Å². The number of pyridine rings is 1. The van der Waals surface area contributed by atoms with Crippen molar-refractivity contribution in [1.29, 1.82) is 0 Å². The molecule has 2 heterocycles. The summed E-state index contributed by atoms with van der Waals surface area (Å²) in [4.78, 5) is 6.22. The van der Waals surface area contributed by atoms with Gasteiger partial charge in [0.15, 0.2) is 0 Å². The number of fused-ring (bicyclic) bond motifs is 2. The van der Waals surface area contributed by atoms with Crippen LogP contribution in [-0.4, -0.2) is 13.1 Å². The Kier molecular flexibility index (Phi) is 6.29. The second kappa shape index (κ2) is 9.65. The van der Waals surface area contributed by atoms with E-state index in [1.807, 2.05) is 17.5 Å². The molecular formula is C35H33NSSi. The van der Waals surface area contributed by atoms with Crippen molar-refractivity contribution < 1.29 is 0 Å². The van der Waals surface area contributed by atoms with Crippen molar-refractivity contribution in [2.45, 2.75) is 39.8 Å². The Bertz CT molecular complexity index is 1780. The fourth-order valence-electron chi connectivity index (χ4n) is 5.61. The molecular weight excluding hydrogens is 495 g/mol. The topological polar surface area (TPSA) is 12.9 Å². The van der Waals surface area contributed by atoms with Crippen molar-refractivity contribution in [1.82, 2.24) is 4.98 Å². The highest BCUT2D eigenvalue weighted by Gasteiger charge is 2.26. The lowest BCUT2D eigenvalue weighted by Gasteiger charge is -2.24. The van der Waals surface area contributed by atoms with E-state index in [1.165, 1.54) is 58.4 Å². The molecule has 0 saturated heterocycles. The third kappa shape index (κ3) is 4.30. The van der Waals surface area contributed by atoms with Crippen LogP contribution in [0.15, 0.2) is 103 Å². The number of aromatic nitrogens is 1. The lowest BCUT2D eigenvalue weighted by molar-refractivity contribution is 0.876. The second-order valence-electron chi connectivity index (χ2n) is 11.2. The van der Waals surface area contributed by atoms with E-state index in [2.05, 4.69) is 131 Å². The van der Waals surface area contributed by atoms with Gasteiger partial charge in [0.2, 0.25) is 0 Å². The first-order valence-electron chi connectivity index (χ1n) is 13.4. The van der Waals surface area contributed by atoms with Gasteiger partial charge >= 0.3 is 0 Å². The fraction of sp³-hybridized carbons (Fsp3) is 0.171. The van der Waals surface area contributed by atoms with Crippen molar-refractivity contribution >= 4 is 50.6 Å². The zero-order valence-corrected chi connectivity index (χ0v) is 24.6. The smallest absolute Gasteiger partial charge is 0.112 e. The van der Waals surface area contributed by atoms with Gasteiger partial charge in [0.05, 0.1) is 10.4 Å². The standard InChI is InChI=1S/C35H33NSSi/c1-23(2)32-21-27(20-25-11-9-10-14-31(25)32)34-35-26(17-18-36-34)22-33(37-35)30-16-15-29(19-24(30)3)38(4,5)28-12-7-6-8-13-28/h6-23H,1-5H3. The molecule has 1 nitrogen and oxygen atoms in total. The number of rotatable bonds is 5. The SMILES string of the molecule is Cc1cc([Si](C)(C)c2ccccc2)ccc1-c1cc2ccnc(-c3cc(C(C)C)c4ccccc4c3)c2s1. The van der Waals surface area contributed by atoms with Crippen LogP contribution < -0.4 is 10.4 Å². The van der Waals surface area contributed by atoms with E-state index in [0.717, 1.165) is 5.69 Å². The van der Waals surface area contributed by atoms with Crippen molar-refractivity contribution in [2.75, 3.05) is 0 Å². The van der Waals surface area contributed by atoms with Crippen LogP contribution in [0.3, 0.4) is 0 Å². The molecule has 0 unspecified atom stereocenters. The highest BCUT2D eigenvalue weighted by molar-refractivity contribution is 7.22. The average Bonchev–Trinajstić information content (AvgIpc) is 3.37. The molecule has 0 radical (unpaired) electrons. The minimum atomic E-state index is -1.74. The lowest BCUT2D eigenvalue weighted by atomic mass is 9.92. The fourth-order valence-corrected chi connectivity index (χ4v) is 9.30. The lowest BCUT2D eigenvalue weighted by Crippen LogP contribution is -2.52. The Labute approximate surface area is 230 Å². The Morgan fingerprint density at radius 3 is 2.26 bits per heavy atom. The van der Waals surface area contributed by atoms with Crippen LogP contribution in [0.4, 0.5) is 0 Å². The zero-order valence-electron chi connectivity index (χ0n) is 22.7. The summed E-state index contributed by atoms with van der Waals surface area (Å²) < 4.78 is 1.26. The van der Waals surface area contributed by atoms with Crippen LogP contribution in [-0.2, 0) is 0 Å². The van der Waals surface area contributed by atoms with Gasteiger partial charge in [-0.3, -0.25) is 4.98 Å². The maximum atomic E-state index is 4.91. The van der Waals surface area contributed by atoms with Gasteiger partial charge in [-0.25, -0.2) is 0 Å². The molecule has 6 rings (SSSR count). The third-order valence-electron chi connectivity index (χ3n) is 7.93. The predicted octanol–water partition coefficient (Wildman–Crippen LogP) is 9.04. The summed E-state index contributed by atoms with van der Waals surface area (Å²) in [6.45, 7) is 11.7. The summed E-state index contributed by atoms with van der Waals surface area (Å²) >= 11 is 1.86. The van der Waals surface area contributed by atoms with Gasteiger partial charge in [0.1, 0.15) is 8.07 Å². The summed E-state index contributed by atoms with van der Waals surface area (Å²) in [5, 5.41) is 6.83. The molecule has 0 N–H and O–H groups in total. The van der Waals surface area contributed by atoms with Crippen LogP contribution in [0.1, 0.15) is 30.9 Å². The number of hydrogen-bond donors (Lipinski definition) is 0. The summed E-state index contributed by atoms with van der Waals surface area (Å²) in [5.74, 6) is 0.447. The first-order chi connectivity index (χ1) is 18.3. The molecule has 0 atom stereocenters. The Balaban J connectivity index is 1.44. The summed E-state index contributed by atoms with van der Waals surface area (Å²) in [5.41, 5.74) is 6.32. The Morgan fingerprint density at radius 2 is 1.50 bits per heavy atom. The van der Waals surface area contributed by atoms with Crippen LogP contribution >= 0.6 is 11.3 Å².